The number of aromatic nitrogens is 4. The largest absolute Gasteiger partial charge is 0.382 e. The molecule has 0 aliphatic rings. The second-order valence-electron chi connectivity index (χ2n) is 6.27. The lowest BCUT2D eigenvalue weighted by Crippen LogP contribution is -2.11. The molecule has 3 aromatic rings. The van der Waals surface area contributed by atoms with Crippen LogP contribution < -0.4 is 5.73 Å². The molecule has 5 heteroatoms. The van der Waals surface area contributed by atoms with Crippen LogP contribution in [0, 0.1) is 0 Å². The first-order chi connectivity index (χ1) is 10.5. The molecular weight excluding hydrogens is 274 g/mol. The topological polar surface area (TPSA) is 69.6 Å². The Balaban J connectivity index is 1.98. The summed E-state index contributed by atoms with van der Waals surface area (Å²) in [5, 5.41) is 8.35. The van der Waals surface area contributed by atoms with Gasteiger partial charge in [0.1, 0.15) is 5.69 Å². The Morgan fingerprint density at radius 1 is 1.05 bits per heavy atom. The average molecular weight is 293 g/mol. The predicted molar refractivity (Wildman–Crippen MR) is 87.7 cm³/mol. The minimum atomic E-state index is 0.118. The number of nitrogen functional groups attached to an aromatic ring is 1. The molecule has 0 saturated carbocycles. The second kappa shape index (κ2) is 5.26. The van der Waals surface area contributed by atoms with Crippen LogP contribution in [0.1, 0.15) is 26.3 Å². The first kappa shape index (κ1) is 14.3. The van der Waals surface area contributed by atoms with E-state index in [1.54, 1.807) is 17.1 Å². The summed E-state index contributed by atoms with van der Waals surface area (Å²) in [6, 6.07) is 12.0. The third kappa shape index (κ3) is 2.57. The second-order valence-corrected chi connectivity index (χ2v) is 6.27. The number of hydrogen-bond acceptors (Lipinski definition) is 4. The lowest BCUT2D eigenvalue weighted by atomic mass is 9.87. The number of nitrogens with zero attached hydrogens (tertiary/aromatic N) is 4. The van der Waals surface area contributed by atoms with E-state index in [4.69, 9.17) is 5.73 Å². The van der Waals surface area contributed by atoms with Gasteiger partial charge >= 0.3 is 0 Å². The van der Waals surface area contributed by atoms with Crippen molar-refractivity contribution in [1.29, 1.82) is 0 Å². The summed E-state index contributed by atoms with van der Waals surface area (Å²) >= 11 is 0. The highest BCUT2D eigenvalue weighted by Crippen LogP contribution is 2.26. The Kier molecular flexibility index (Phi) is 3.41. The van der Waals surface area contributed by atoms with Gasteiger partial charge in [-0.15, -0.1) is 5.10 Å². The molecule has 2 N–H and O–H groups in total. The highest BCUT2D eigenvalue weighted by atomic mass is 15.5. The van der Waals surface area contributed by atoms with Gasteiger partial charge in [0, 0.05) is 18.0 Å². The van der Waals surface area contributed by atoms with Gasteiger partial charge in [-0.05, 0) is 35.2 Å². The van der Waals surface area contributed by atoms with Crippen molar-refractivity contribution >= 4 is 5.82 Å². The molecule has 2 aromatic heterocycles. The minimum Gasteiger partial charge on any atom is -0.382 e. The van der Waals surface area contributed by atoms with Crippen molar-refractivity contribution in [2.45, 2.75) is 26.2 Å². The molecule has 0 aliphatic heterocycles. The van der Waals surface area contributed by atoms with Gasteiger partial charge in [-0.2, -0.15) is 4.68 Å². The lowest BCUT2D eigenvalue weighted by molar-refractivity contribution is 0.590. The summed E-state index contributed by atoms with van der Waals surface area (Å²) in [6.45, 7) is 6.56. The molecule has 5 nitrogen and oxygen atoms in total. The van der Waals surface area contributed by atoms with Gasteiger partial charge in [-0.1, -0.05) is 38.1 Å². The van der Waals surface area contributed by atoms with Gasteiger partial charge < -0.3 is 5.73 Å². The van der Waals surface area contributed by atoms with Crippen LogP contribution >= 0.6 is 0 Å². The molecule has 0 aliphatic carbocycles. The van der Waals surface area contributed by atoms with Crippen molar-refractivity contribution in [3.05, 3.63) is 54.4 Å². The maximum absolute atomic E-state index is 6.20. The van der Waals surface area contributed by atoms with Crippen LogP contribution in [0.15, 0.2) is 48.8 Å². The molecule has 0 amide bonds. The summed E-state index contributed by atoms with van der Waals surface area (Å²) in [7, 11) is 0. The Morgan fingerprint density at radius 2 is 1.77 bits per heavy atom. The van der Waals surface area contributed by atoms with E-state index in [9.17, 15) is 0 Å². The number of anilines is 1. The van der Waals surface area contributed by atoms with E-state index in [1.165, 1.54) is 5.56 Å². The number of hydrogen-bond donors (Lipinski definition) is 1. The molecule has 112 valence electrons. The Hall–Kier alpha value is -2.69. The zero-order chi connectivity index (χ0) is 15.7. The van der Waals surface area contributed by atoms with Crippen LogP contribution in [-0.2, 0) is 5.41 Å². The van der Waals surface area contributed by atoms with Crippen molar-refractivity contribution in [2.75, 3.05) is 5.73 Å². The van der Waals surface area contributed by atoms with Gasteiger partial charge in [-0.25, -0.2) is 0 Å². The van der Waals surface area contributed by atoms with Crippen LogP contribution in [0.25, 0.3) is 16.9 Å². The van der Waals surface area contributed by atoms with E-state index in [-0.39, 0.29) is 5.41 Å². The molecule has 3 rings (SSSR count). The van der Waals surface area contributed by atoms with E-state index in [1.807, 2.05) is 24.3 Å². The smallest absolute Gasteiger partial charge is 0.155 e. The molecule has 0 spiro atoms. The van der Waals surface area contributed by atoms with Crippen molar-refractivity contribution in [3.63, 3.8) is 0 Å². The van der Waals surface area contributed by atoms with Crippen molar-refractivity contribution in [3.8, 4) is 16.9 Å². The molecule has 22 heavy (non-hydrogen) atoms. The number of benzene rings is 1. The third-order valence-corrected chi connectivity index (χ3v) is 3.62. The summed E-state index contributed by atoms with van der Waals surface area (Å²) < 4.78 is 1.65. The molecule has 0 unspecified atom stereocenters. The van der Waals surface area contributed by atoms with Crippen LogP contribution in [0.3, 0.4) is 0 Å². The quantitative estimate of drug-likeness (QED) is 0.787. The summed E-state index contributed by atoms with van der Waals surface area (Å²) in [6.07, 6.45) is 3.45. The summed E-state index contributed by atoms with van der Waals surface area (Å²) in [5.41, 5.74) is 9.99. The molecule has 0 atom stereocenters. The summed E-state index contributed by atoms with van der Waals surface area (Å²) in [4.78, 5) is 4.09. The monoisotopic (exact) mass is 293 g/mol. The van der Waals surface area contributed by atoms with E-state index in [0.717, 1.165) is 11.3 Å². The fourth-order valence-corrected chi connectivity index (χ4v) is 2.29. The fraction of sp³-hybridized carbons (Fsp3) is 0.235. The first-order valence-corrected chi connectivity index (χ1v) is 7.19. The van der Waals surface area contributed by atoms with Gasteiger partial charge in [0.15, 0.2) is 5.82 Å². The van der Waals surface area contributed by atoms with E-state index in [0.29, 0.717) is 11.5 Å². The number of pyridine rings is 1. The van der Waals surface area contributed by atoms with E-state index >= 15 is 0 Å². The highest BCUT2D eigenvalue weighted by molar-refractivity contribution is 5.70. The van der Waals surface area contributed by atoms with Gasteiger partial charge in [0.25, 0.3) is 0 Å². The molecule has 0 fully saturated rings. The Labute approximate surface area is 129 Å². The molecule has 0 radical (unpaired) electrons. The van der Waals surface area contributed by atoms with Crippen LogP contribution in [0.4, 0.5) is 5.82 Å². The normalized spacial score (nSPS) is 11.6. The van der Waals surface area contributed by atoms with E-state index < -0.39 is 0 Å². The molecule has 0 bridgehead atoms. The van der Waals surface area contributed by atoms with Gasteiger partial charge in [0.2, 0.25) is 0 Å². The van der Waals surface area contributed by atoms with Gasteiger partial charge in [0.05, 0.1) is 5.69 Å². The SMILES string of the molecule is CC(C)(C)c1ccc(-n2nnc(-c3cccnc3)c2N)cc1. The lowest BCUT2D eigenvalue weighted by Gasteiger charge is -2.19. The van der Waals surface area contributed by atoms with Crippen molar-refractivity contribution in [2.24, 2.45) is 0 Å². The Morgan fingerprint density at radius 3 is 2.36 bits per heavy atom. The maximum Gasteiger partial charge on any atom is 0.155 e. The zero-order valence-electron chi connectivity index (χ0n) is 13.0. The molecule has 1 aromatic carbocycles. The fourth-order valence-electron chi connectivity index (χ4n) is 2.29. The predicted octanol–water partition coefficient (Wildman–Crippen LogP) is 3.21. The summed E-state index contributed by atoms with van der Waals surface area (Å²) in [5.74, 6) is 0.511. The highest BCUT2D eigenvalue weighted by Gasteiger charge is 2.15. The first-order valence-electron chi connectivity index (χ1n) is 7.19. The standard InChI is InChI=1S/C17H19N5/c1-17(2,3)13-6-8-14(9-7-13)22-16(18)15(20-21-22)12-5-4-10-19-11-12/h4-11H,18H2,1-3H3. The number of nitrogens with two attached hydrogens (primary N) is 1. The van der Waals surface area contributed by atoms with Crippen molar-refractivity contribution < 1.29 is 0 Å². The molecular formula is C17H19N5. The minimum absolute atomic E-state index is 0.118. The van der Waals surface area contributed by atoms with Crippen LogP contribution in [0.5, 0.6) is 0 Å². The van der Waals surface area contributed by atoms with Crippen LogP contribution in [-0.4, -0.2) is 20.0 Å². The van der Waals surface area contributed by atoms with E-state index in [2.05, 4.69) is 48.2 Å². The van der Waals surface area contributed by atoms with Crippen molar-refractivity contribution in [1.82, 2.24) is 20.0 Å². The van der Waals surface area contributed by atoms with Gasteiger partial charge in [-0.3, -0.25) is 4.98 Å². The molecule has 0 saturated heterocycles. The molecule has 2 heterocycles. The zero-order valence-corrected chi connectivity index (χ0v) is 13.0. The maximum atomic E-state index is 6.20. The average Bonchev–Trinajstić information content (AvgIpc) is 2.89. The Bertz CT molecular complexity index is 767. The van der Waals surface area contributed by atoms with Crippen LogP contribution in [0.2, 0.25) is 0 Å². The third-order valence-electron chi connectivity index (χ3n) is 3.62. The number of rotatable bonds is 2.